The van der Waals surface area contributed by atoms with Gasteiger partial charge in [0.2, 0.25) is 5.75 Å². The molecule has 0 fully saturated rings. The van der Waals surface area contributed by atoms with Gasteiger partial charge in [0, 0.05) is 6.07 Å². The maximum absolute atomic E-state index is 12.4. The van der Waals surface area contributed by atoms with E-state index < -0.39 is 0 Å². The fourth-order valence-corrected chi connectivity index (χ4v) is 2.52. The molecule has 0 aliphatic carbocycles. The van der Waals surface area contributed by atoms with Crippen LogP contribution < -0.4 is 18.9 Å². The highest BCUT2D eigenvalue weighted by atomic mass is 16.5. The Hall–Kier alpha value is -2.30. The van der Waals surface area contributed by atoms with E-state index in [1.54, 1.807) is 6.07 Å². The van der Waals surface area contributed by atoms with E-state index in [0.717, 1.165) is 0 Å². The molecule has 0 spiro atoms. The molecule has 0 N–H and O–H groups in total. The van der Waals surface area contributed by atoms with Crippen molar-refractivity contribution >= 4 is 10.8 Å². The summed E-state index contributed by atoms with van der Waals surface area (Å²) < 4.78 is 22.7. The normalized spacial score (nSPS) is 10.6. The molecular formula is C18H23O5. The standard InChI is InChI=1S/C18H23O5/c1-5-20-13-9-10-14(21-6-2)17-16(13)15(22-7-3)11-12(19)18(17)23-8-4/h9-11H,5-8H2,1-4H3. The van der Waals surface area contributed by atoms with Crippen LogP contribution in [0.15, 0.2) is 18.2 Å². The minimum absolute atomic E-state index is 0.225. The molecule has 0 atom stereocenters. The molecule has 23 heavy (non-hydrogen) atoms. The van der Waals surface area contributed by atoms with E-state index in [4.69, 9.17) is 18.9 Å². The fraction of sp³-hybridized carbons (Fsp3) is 0.444. The number of hydrogen-bond acceptors (Lipinski definition) is 4. The molecule has 1 radical (unpaired) electrons. The van der Waals surface area contributed by atoms with E-state index in [9.17, 15) is 5.11 Å². The van der Waals surface area contributed by atoms with Crippen LogP contribution in [0.25, 0.3) is 10.8 Å². The Kier molecular flexibility index (Phi) is 5.79. The second kappa shape index (κ2) is 7.81. The second-order valence-corrected chi connectivity index (χ2v) is 4.75. The van der Waals surface area contributed by atoms with Gasteiger partial charge >= 0.3 is 0 Å². The summed E-state index contributed by atoms with van der Waals surface area (Å²) in [5.41, 5.74) is 0. The molecule has 0 bridgehead atoms. The third kappa shape index (κ3) is 3.38. The van der Waals surface area contributed by atoms with Crippen LogP contribution in [0.5, 0.6) is 28.7 Å². The molecule has 0 aliphatic rings. The topological polar surface area (TPSA) is 56.8 Å². The van der Waals surface area contributed by atoms with Crippen molar-refractivity contribution in [1.82, 2.24) is 0 Å². The van der Waals surface area contributed by atoms with Crippen LogP contribution in [0.3, 0.4) is 0 Å². The van der Waals surface area contributed by atoms with Crippen molar-refractivity contribution in [3.05, 3.63) is 18.2 Å². The predicted molar refractivity (Wildman–Crippen MR) is 88.8 cm³/mol. The molecule has 0 aliphatic heterocycles. The zero-order valence-corrected chi connectivity index (χ0v) is 14.1. The molecule has 0 heterocycles. The van der Waals surface area contributed by atoms with Gasteiger partial charge in [0.15, 0.2) is 5.75 Å². The van der Waals surface area contributed by atoms with Gasteiger partial charge in [-0.15, -0.1) is 0 Å². The van der Waals surface area contributed by atoms with E-state index >= 15 is 0 Å². The lowest BCUT2D eigenvalue weighted by Crippen LogP contribution is -2.02. The van der Waals surface area contributed by atoms with Crippen LogP contribution in [0.1, 0.15) is 27.7 Å². The van der Waals surface area contributed by atoms with Gasteiger partial charge in [-0.3, -0.25) is 5.11 Å². The first-order chi connectivity index (χ1) is 11.2. The van der Waals surface area contributed by atoms with Crippen molar-refractivity contribution in [3.63, 3.8) is 0 Å². The molecule has 0 saturated carbocycles. The first-order valence-corrected chi connectivity index (χ1v) is 7.99. The summed E-state index contributed by atoms with van der Waals surface area (Å²) >= 11 is 0. The molecular weight excluding hydrogens is 296 g/mol. The minimum Gasteiger partial charge on any atom is -0.493 e. The number of rotatable bonds is 8. The van der Waals surface area contributed by atoms with Gasteiger partial charge in [-0.2, -0.15) is 0 Å². The van der Waals surface area contributed by atoms with Gasteiger partial charge in [-0.25, -0.2) is 0 Å². The Morgan fingerprint density at radius 1 is 0.696 bits per heavy atom. The van der Waals surface area contributed by atoms with Crippen molar-refractivity contribution in [1.29, 1.82) is 0 Å². The number of fused-ring (bicyclic) bond motifs is 1. The molecule has 2 aromatic rings. The second-order valence-electron chi connectivity index (χ2n) is 4.75. The molecule has 5 heteroatoms. The third-order valence-electron chi connectivity index (χ3n) is 3.28. The highest BCUT2D eigenvalue weighted by molar-refractivity contribution is 6.03. The Morgan fingerprint density at radius 2 is 1.17 bits per heavy atom. The van der Waals surface area contributed by atoms with Gasteiger partial charge in [-0.05, 0) is 39.8 Å². The lowest BCUT2D eigenvalue weighted by Gasteiger charge is -2.18. The lowest BCUT2D eigenvalue weighted by molar-refractivity contribution is 0.283. The smallest absolute Gasteiger partial charge is 0.224 e. The van der Waals surface area contributed by atoms with Crippen LogP contribution in [-0.4, -0.2) is 26.4 Å². The van der Waals surface area contributed by atoms with Crippen molar-refractivity contribution < 1.29 is 24.1 Å². The number of hydrogen-bond donors (Lipinski definition) is 0. The molecule has 0 saturated heterocycles. The summed E-state index contributed by atoms with van der Waals surface area (Å²) in [7, 11) is 0. The Labute approximate surface area is 136 Å². The van der Waals surface area contributed by atoms with E-state index in [2.05, 4.69) is 0 Å². The van der Waals surface area contributed by atoms with Crippen molar-refractivity contribution in [2.45, 2.75) is 27.7 Å². The number of benzene rings is 2. The zero-order chi connectivity index (χ0) is 16.8. The quantitative estimate of drug-likeness (QED) is 0.714. The average Bonchev–Trinajstić information content (AvgIpc) is 2.53. The molecule has 0 unspecified atom stereocenters. The third-order valence-corrected chi connectivity index (χ3v) is 3.28. The lowest BCUT2D eigenvalue weighted by atomic mass is 10.1. The highest BCUT2D eigenvalue weighted by Gasteiger charge is 2.22. The summed E-state index contributed by atoms with van der Waals surface area (Å²) in [6.07, 6.45) is 0. The Balaban J connectivity index is 2.85. The number of ether oxygens (including phenoxy) is 4. The highest BCUT2D eigenvalue weighted by Crippen LogP contribution is 2.49. The van der Waals surface area contributed by atoms with Gasteiger partial charge in [0.25, 0.3) is 0 Å². The van der Waals surface area contributed by atoms with Crippen LogP contribution in [0.2, 0.25) is 0 Å². The summed E-state index contributed by atoms with van der Waals surface area (Å²) in [6.45, 7) is 9.37. The van der Waals surface area contributed by atoms with Gasteiger partial charge < -0.3 is 18.9 Å². The summed E-state index contributed by atoms with van der Waals surface area (Å²) in [5.74, 6) is 1.78. The molecule has 125 valence electrons. The van der Waals surface area contributed by atoms with Gasteiger partial charge in [-0.1, -0.05) is 0 Å². The van der Waals surface area contributed by atoms with E-state index in [1.807, 2.05) is 33.8 Å². The van der Waals surface area contributed by atoms with E-state index in [0.29, 0.717) is 54.4 Å². The van der Waals surface area contributed by atoms with Crippen LogP contribution in [0.4, 0.5) is 0 Å². The maximum atomic E-state index is 12.4. The molecule has 0 amide bonds. The molecule has 0 aromatic heterocycles. The first kappa shape index (κ1) is 17.1. The zero-order valence-electron chi connectivity index (χ0n) is 14.1. The van der Waals surface area contributed by atoms with Crippen LogP contribution in [0, 0.1) is 0 Å². The average molecular weight is 319 g/mol. The van der Waals surface area contributed by atoms with Gasteiger partial charge in [0.05, 0.1) is 37.2 Å². The molecule has 5 nitrogen and oxygen atoms in total. The Bertz CT molecular complexity index is 666. The monoisotopic (exact) mass is 319 g/mol. The SMILES string of the molecule is CCOc1ccc(OCC)c2c(OCC)c([O])cc(OCC)c12. The van der Waals surface area contributed by atoms with Gasteiger partial charge in [0.1, 0.15) is 17.2 Å². The van der Waals surface area contributed by atoms with E-state index in [1.165, 1.54) is 6.07 Å². The summed E-state index contributed by atoms with van der Waals surface area (Å²) in [5, 5.41) is 13.8. The molecule has 2 rings (SSSR count). The van der Waals surface area contributed by atoms with Crippen molar-refractivity contribution in [2.75, 3.05) is 26.4 Å². The largest absolute Gasteiger partial charge is 0.493 e. The fourth-order valence-electron chi connectivity index (χ4n) is 2.52. The minimum atomic E-state index is -0.225. The van der Waals surface area contributed by atoms with Crippen LogP contribution >= 0.6 is 0 Å². The molecule has 2 aromatic carbocycles. The van der Waals surface area contributed by atoms with Crippen molar-refractivity contribution in [3.8, 4) is 28.7 Å². The van der Waals surface area contributed by atoms with E-state index in [-0.39, 0.29) is 11.5 Å². The Morgan fingerprint density at radius 3 is 1.70 bits per heavy atom. The maximum Gasteiger partial charge on any atom is 0.224 e. The summed E-state index contributed by atoms with van der Waals surface area (Å²) in [4.78, 5) is 0. The first-order valence-electron chi connectivity index (χ1n) is 7.99. The predicted octanol–water partition coefficient (Wildman–Crippen LogP) is 4.58. The van der Waals surface area contributed by atoms with Crippen molar-refractivity contribution in [2.24, 2.45) is 0 Å². The summed E-state index contributed by atoms with van der Waals surface area (Å²) in [6, 6.07) is 5.09. The van der Waals surface area contributed by atoms with Crippen LogP contribution in [-0.2, 0) is 5.11 Å².